The van der Waals surface area contributed by atoms with Crippen LogP contribution in [0.5, 0.6) is 0 Å². The molecular formula is C16H21N3O3S. The molecular weight excluding hydrogens is 314 g/mol. The van der Waals surface area contributed by atoms with Gasteiger partial charge in [0.25, 0.3) is 5.91 Å². The van der Waals surface area contributed by atoms with Gasteiger partial charge in [0, 0.05) is 29.8 Å². The summed E-state index contributed by atoms with van der Waals surface area (Å²) >= 11 is 1.71. The molecule has 1 atom stereocenters. The molecule has 0 radical (unpaired) electrons. The molecule has 6 nitrogen and oxygen atoms in total. The van der Waals surface area contributed by atoms with E-state index in [9.17, 15) is 9.90 Å². The van der Waals surface area contributed by atoms with Gasteiger partial charge in [-0.15, -0.1) is 0 Å². The van der Waals surface area contributed by atoms with Crippen LogP contribution in [0.4, 0.5) is 0 Å². The Kier molecular flexibility index (Phi) is 4.25. The van der Waals surface area contributed by atoms with E-state index in [1.807, 2.05) is 37.5 Å². The highest BCUT2D eigenvalue weighted by molar-refractivity contribution is 7.99. The average molecular weight is 335 g/mol. The topological polar surface area (TPSA) is 80.3 Å². The van der Waals surface area contributed by atoms with E-state index in [-0.39, 0.29) is 12.5 Å². The first kappa shape index (κ1) is 16.1. The SMILES string of the molecule is Cc1cc(-n2c(C)cc(C(=O)NCC3(O)CCSC3)c2C)no1. The third kappa shape index (κ3) is 3.16. The normalized spacial score (nSPS) is 20.9. The van der Waals surface area contributed by atoms with Crippen molar-refractivity contribution in [1.82, 2.24) is 15.0 Å². The molecule has 3 heterocycles. The van der Waals surface area contributed by atoms with Crippen LogP contribution < -0.4 is 5.32 Å². The molecule has 1 aliphatic heterocycles. The van der Waals surface area contributed by atoms with Crippen molar-refractivity contribution >= 4 is 17.7 Å². The predicted octanol–water partition coefficient (Wildman–Crippen LogP) is 1.99. The zero-order valence-electron chi connectivity index (χ0n) is 13.5. The number of amides is 1. The third-order valence-electron chi connectivity index (χ3n) is 4.18. The zero-order chi connectivity index (χ0) is 16.6. The summed E-state index contributed by atoms with van der Waals surface area (Å²) in [6.45, 7) is 5.92. The molecule has 1 amide bonds. The minimum absolute atomic E-state index is 0.171. The van der Waals surface area contributed by atoms with Crippen molar-refractivity contribution < 1.29 is 14.4 Å². The molecule has 1 aliphatic rings. The number of thioether (sulfide) groups is 1. The summed E-state index contributed by atoms with van der Waals surface area (Å²) in [4.78, 5) is 12.5. The molecule has 2 aromatic heterocycles. The van der Waals surface area contributed by atoms with Crippen molar-refractivity contribution in [2.24, 2.45) is 0 Å². The molecule has 1 unspecified atom stereocenters. The number of rotatable bonds is 4. The second-order valence-electron chi connectivity index (χ2n) is 6.13. The maximum Gasteiger partial charge on any atom is 0.253 e. The first-order valence-electron chi connectivity index (χ1n) is 7.61. The summed E-state index contributed by atoms with van der Waals surface area (Å²) in [6, 6.07) is 3.67. The Morgan fingerprint density at radius 3 is 2.87 bits per heavy atom. The van der Waals surface area contributed by atoms with Crippen molar-refractivity contribution in [2.45, 2.75) is 32.8 Å². The fourth-order valence-corrected chi connectivity index (χ4v) is 4.17. The first-order chi connectivity index (χ1) is 10.9. The molecule has 0 bridgehead atoms. The van der Waals surface area contributed by atoms with Crippen LogP contribution in [0, 0.1) is 20.8 Å². The minimum Gasteiger partial charge on any atom is -0.387 e. The monoisotopic (exact) mass is 335 g/mol. The number of aryl methyl sites for hydroxylation is 2. The molecule has 124 valence electrons. The van der Waals surface area contributed by atoms with E-state index >= 15 is 0 Å². The second kappa shape index (κ2) is 6.05. The van der Waals surface area contributed by atoms with Gasteiger partial charge < -0.3 is 14.9 Å². The van der Waals surface area contributed by atoms with Gasteiger partial charge in [-0.2, -0.15) is 11.8 Å². The quantitative estimate of drug-likeness (QED) is 0.893. The molecule has 23 heavy (non-hydrogen) atoms. The van der Waals surface area contributed by atoms with Gasteiger partial charge in [0.1, 0.15) is 5.76 Å². The van der Waals surface area contributed by atoms with E-state index in [1.165, 1.54) is 0 Å². The van der Waals surface area contributed by atoms with Crippen LogP contribution in [0.25, 0.3) is 5.82 Å². The van der Waals surface area contributed by atoms with Crippen molar-refractivity contribution in [3.8, 4) is 5.82 Å². The Morgan fingerprint density at radius 2 is 2.26 bits per heavy atom. The summed E-state index contributed by atoms with van der Waals surface area (Å²) in [5.41, 5.74) is 1.53. The lowest BCUT2D eigenvalue weighted by Crippen LogP contribution is -2.43. The zero-order valence-corrected chi connectivity index (χ0v) is 14.4. The fraction of sp³-hybridized carbons (Fsp3) is 0.500. The molecule has 2 N–H and O–H groups in total. The highest BCUT2D eigenvalue weighted by atomic mass is 32.2. The van der Waals surface area contributed by atoms with Crippen molar-refractivity contribution in [3.63, 3.8) is 0 Å². The molecule has 0 aromatic carbocycles. The Labute approximate surface area is 139 Å². The van der Waals surface area contributed by atoms with Crippen molar-refractivity contribution in [1.29, 1.82) is 0 Å². The molecule has 3 rings (SSSR count). The second-order valence-corrected chi connectivity index (χ2v) is 7.23. The molecule has 0 saturated carbocycles. The predicted molar refractivity (Wildman–Crippen MR) is 89.3 cm³/mol. The highest BCUT2D eigenvalue weighted by Crippen LogP contribution is 2.27. The van der Waals surface area contributed by atoms with Crippen LogP contribution in [0.1, 0.15) is 33.9 Å². The van der Waals surface area contributed by atoms with Gasteiger partial charge in [-0.3, -0.25) is 9.36 Å². The van der Waals surface area contributed by atoms with Gasteiger partial charge in [0.2, 0.25) is 0 Å². The Bertz CT molecular complexity index is 729. The number of nitrogens with zero attached hydrogens (tertiary/aromatic N) is 2. The van der Waals surface area contributed by atoms with Crippen LogP contribution in [-0.2, 0) is 0 Å². The number of carbonyl (C=O) groups is 1. The number of aromatic nitrogens is 2. The Balaban J connectivity index is 1.79. The number of hydrogen-bond acceptors (Lipinski definition) is 5. The molecule has 0 spiro atoms. The van der Waals surface area contributed by atoms with Crippen LogP contribution in [0.2, 0.25) is 0 Å². The molecule has 0 aliphatic carbocycles. The fourth-order valence-electron chi connectivity index (χ4n) is 2.88. The van der Waals surface area contributed by atoms with Gasteiger partial charge in [0.05, 0.1) is 11.2 Å². The lowest BCUT2D eigenvalue weighted by Gasteiger charge is -2.21. The van der Waals surface area contributed by atoms with Gasteiger partial charge in [0.15, 0.2) is 5.82 Å². The highest BCUT2D eigenvalue weighted by Gasteiger charge is 2.32. The number of hydrogen-bond donors (Lipinski definition) is 2. The first-order valence-corrected chi connectivity index (χ1v) is 8.76. The van der Waals surface area contributed by atoms with Crippen molar-refractivity contribution in [2.75, 3.05) is 18.1 Å². The number of aliphatic hydroxyl groups is 1. The molecule has 2 aromatic rings. The summed E-state index contributed by atoms with van der Waals surface area (Å²) in [7, 11) is 0. The van der Waals surface area contributed by atoms with Crippen LogP contribution in [0.15, 0.2) is 16.7 Å². The summed E-state index contributed by atoms with van der Waals surface area (Å²) in [5, 5.41) is 17.2. The number of carbonyl (C=O) groups excluding carboxylic acids is 1. The van der Waals surface area contributed by atoms with E-state index in [4.69, 9.17) is 4.52 Å². The average Bonchev–Trinajstić information content (AvgIpc) is 3.18. The maximum atomic E-state index is 12.5. The molecule has 1 saturated heterocycles. The Hall–Kier alpha value is -1.73. The van der Waals surface area contributed by atoms with Gasteiger partial charge in [-0.1, -0.05) is 5.16 Å². The molecule has 1 fully saturated rings. The van der Waals surface area contributed by atoms with Crippen molar-refractivity contribution in [3.05, 3.63) is 34.8 Å². The van der Waals surface area contributed by atoms with E-state index in [0.29, 0.717) is 17.1 Å². The van der Waals surface area contributed by atoms with E-state index in [0.717, 1.165) is 29.3 Å². The summed E-state index contributed by atoms with van der Waals surface area (Å²) < 4.78 is 7.01. The van der Waals surface area contributed by atoms with Gasteiger partial charge >= 0.3 is 0 Å². The summed E-state index contributed by atoms with van der Waals surface area (Å²) in [5.74, 6) is 2.83. The van der Waals surface area contributed by atoms with Gasteiger partial charge in [-0.05, 0) is 39.0 Å². The smallest absolute Gasteiger partial charge is 0.253 e. The van der Waals surface area contributed by atoms with E-state index in [1.54, 1.807) is 11.8 Å². The van der Waals surface area contributed by atoms with Gasteiger partial charge in [-0.25, -0.2) is 0 Å². The third-order valence-corrected chi connectivity index (χ3v) is 5.42. The standard InChI is InChI=1S/C16H21N3O3S/c1-10-6-13(12(3)19(10)14-7-11(2)22-18-14)15(20)17-8-16(21)4-5-23-9-16/h6-7,21H,4-5,8-9H2,1-3H3,(H,17,20). The maximum absolute atomic E-state index is 12.5. The Morgan fingerprint density at radius 1 is 1.48 bits per heavy atom. The molecule has 7 heteroatoms. The van der Waals surface area contributed by atoms with E-state index < -0.39 is 5.60 Å². The lowest BCUT2D eigenvalue weighted by molar-refractivity contribution is 0.0612. The largest absolute Gasteiger partial charge is 0.387 e. The lowest BCUT2D eigenvalue weighted by atomic mass is 10.0. The van der Waals surface area contributed by atoms with Crippen LogP contribution in [0.3, 0.4) is 0 Å². The minimum atomic E-state index is -0.783. The van der Waals surface area contributed by atoms with E-state index in [2.05, 4.69) is 10.5 Å². The number of nitrogens with one attached hydrogen (secondary N) is 1. The van der Waals surface area contributed by atoms with Crippen LogP contribution >= 0.6 is 11.8 Å². The van der Waals surface area contributed by atoms with Crippen LogP contribution in [-0.4, -0.2) is 44.4 Å². The summed E-state index contributed by atoms with van der Waals surface area (Å²) in [6.07, 6.45) is 0.717.